The molecular formula is C14H19ClN2. The van der Waals surface area contributed by atoms with Gasteiger partial charge in [0.15, 0.2) is 0 Å². The summed E-state index contributed by atoms with van der Waals surface area (Å²) in [5.41, 5.74) is 2.36. The van der Waals surface area contributed by atoms with Gasteiger partial charge in [0.1, 0.15) is 0 Å². The third-order valence-electron chi connectivity index (χ3n) is 2.59. The van der Waals surface area contributed by atoms with E-state index in [1.54, 1.807) is 0 Å². The van der Waals surface area contributed by atoms with E-state index in [0.717, 1.165) is 29.8 Å². The first-order valence-corrected chi connectivity index (χ1v) is 6.36. The predicted molar refractivity (Wildman–Crippen MR) is 74.8 cm³/mol. The fourth-order valence-corrected chi connectivity index (χ4v) is 1.77. The van der Waals surface area contributed by atoms with E-state index in [4.69, 9.17) is 22.4 Å². The number of halogens is 1. The summed E-state index contributed by atoms with van der Waals surface area (Å²) < 4.78 is 0. The molecule has 0 aliphatic heterocycles. The predicted octanol–water partition coefficient (Wildman–Crippen LogP) is 4.50. The Morgan fingerprint density at radius 3 is 2.35 bits per heavy atom. The Morgan fingerprint density at radius 2 is 1.76 bits per heavy atom. The summed E-state index contributed by atoms with van der Waals surface area (Å²) in [5, 5.41) is 16.4. The highest BCUT2D eigenvalue weighted by Gasteiger charge is 2.04. The molecule has 0 spiro atoms. The highest BCUT2D eigenvalue weighted by atomic mass is 35.5. The van der Waals surface area contributed by atoms with E-state index in [0.29, 0.717) is 24.3 Å². The molecule has 0 aliphatic rings. The summed E-state index contributed by atoms with van der Waals surface area (Å²) in [6, 6.07) is 7.55. The van der Waals surface area contributed by atoms with E-state index in [1.165, 1.54) is 0 Å². The molecule has 0 atom stereocenters. The maximum atomic E-state index is 7.87. The topological polar surface area (TPSA) is 47.7 Å². The first kappa shape index (κ1) is 13.9. The highest BCUT2D eigenvalue weighted by Crippen LogP contribution is 2.11. The molecule has 92 valence electrons. The second kappa shape index (κ2) is 7.23. The van der Waals surface area contributed by atoms with Crippen LogP contribution in [0.3, 0.4) is 0 Å². The van der Waals surface area contributed by atoms with Crippen LogP contribution >= 0.6 is 11.6 Å². The molecule has 0 unspecified atom stereocenters. The van der Waals surface area contributed by atoms with Crippen LogP contribution in [0.1, 0.15) is 38.2 Å². The van der Waals surface area contributed by atoms with Gasteiger partial charge in [-0.1, -0.05) is 37.1 Å². The van der Waals surface area contributed by atoms with Crippen LogP contribution in [-0.4, -0.2) is 11.4 Å². The molecule has 1 aromatic rings. The molecule has 0 bridgehead atoms. The van der Waals surface area contributed by atoms with Crippen molar-refractivity contribution in [2.45, 2.75) is 39.0 Å². The van der Waals surface area contributed by atoms with Gasteiger partial charge in [-0.3, -0.25) is 0 Å². The molecule has 0 amide bonds. The molecule has 0 heterocycles. The molecule has 17 heavy (non-hydrogen) atoms. The van der Waals surface area contributed by atoms with Gasteiger partial charge in [0.05, 0.1) is 0 Å². The summed E-state index contributed by atoms with van der Waals surface area (Å²) in [7, 11) is 0. The minimum absolute atomic E-state index is 0.503. The van der Waals surface area contributed by atoms with Gasteiger partial charge < -0.3 is 10.8 Å². The van der Waals surface area contributed by atoms with Crippen LogP contribution in [0.5, 0.6) is 0 Å². The van der Waals surface area contributed by atoms with Gasteiger partial charge in [-0.25, -0.2) is 0 Å². The minimum atomic E-state index is 0.503. The lowest BCUT2D eigenvalue weighted by Crippen LogP contribution is -2.08. The normalized spacial score (nSPS) is 10.2. The van der Waals surface area contributed by atoms with Crippen LogP contribution in [0.15, 0.2) is 24.3 Å². The fourth-order valence-electron chi connectivity index (χ4n) is 1.65. The summed E-state index contributed by atoms with van der Waals surface area (Å²) in [6.07, 6.45) is 4.09. The molecule has 0 radical (unpaired) electrons. The Hall–Kier alpha value is -1.15. The number of benzene rings is 1. The van der Waals surface area contributed by atoms with Crippen molar-refractivity contribution >= 4 is 23.0 Å². The third-order valence-corrected chi connectivity index (χ3v) is 2.84. The number of rotatable bonds is 7. The zero-order valence-electron chi connectivity index (χ0n) is 10.2. The molecule has 2 N–H and O–H groups in total. The molecule has 1 rings (SSSR count). The Balaban J connectivity index is 2.39. The van der Waals surface area contributed by atoms with Crippen LogP contribution in [0.2, 0.25) is 5.02 Å². The van der Waals surface area contributed by atoms with Crippen LogP contribution in [0.25, 0.3) is 0 Å². The molecule has 0 aromatic heterocycles. The summed E-state index contributed by atoms with van der Waals surface area (Å²) in [4.78, 5) is 0. The van der Waals surface area contributed by atoms with Crippen LogP contribution in [0, 0.1) is 10.8 Å². The molecule has 1 aromatic carbocycles. The van der Waals surface area contributed by atoms with Gasteiger partial charge in [0.25, 0.3) is 0 Å². The summed E-state index contributed by atoms with van der Waals surface area (Å²) in [5.74, 6) is 0. The van der Waals surface area contributed by atoms with Crippen LogP contribution < -0.4 is 0 Å². The van der Waals surface area contributed by atoms with Gasteiger partial charge in [-0.15, -0.1) is 0 Å². The Kier molecular flexibility index (Phi) is 5.92. The SMILES string of the molecule is CCCCC(=N)CC(=N)Cc1ccc(Cl)cc1. The molecule has 0 aliphatic carbocycles. The van der Waals surface area contributed by atoms with Crippen molar-refractivity contribution in [2.24, 2.45) is 0 Å². The standard InChI is InChI=1S/C14H19ClN2/c1-2-3-4-13(16)10-14(17)9-11-5-7-12(15)8-6-11/h5-8,16-17H,2-4,9-10H2,1H3. The van der Waals surface area contributed by atoms with Crippen LogP contribution in [-0.2, 0) is 6.42 Å². The van der Waals surface area contributed by atoms with Crippen molar-refractivity contribution in [1.29, 1.82) is 10.8 Å². The first-order valence-electron chi connectivity index (χ1n) is 5.99. The Labute approximate surface area is 108 Å². The zero-order chi connectivity index (χ0) is 12.7. The summed E-state index contributed by atoms with van der Waals surface area (Å²) >= 11 is 5.80. The van der Waals surface area contributed by atoms with Gasteiger partial charge >= 0.3 is 0 Å². The van der Waals surface area contributed by atoms with E-state index in [1.807, 2.05) is 24.3 Å². The largest absolute Gasteiger partial charge is 0.309 e. The Morgan fingerprint density at radius 1 is 1.12 bits per heavy atom. The third kappa shape index (κ3) is 5.64. The van der Waals surface area contributed by atoms with E-state index in [9.17, 15) is 0 Å². The lowest BCUT2D eigenvalue weighted by atomic mass is 10.0. The lowest BCUT2D eigenvalue weighted by Gasteiger charge is -2.06. The Bertz CT molecular complexity index is 382. The second-order valence-corrected chi connectivity index (χ2v) is 4.73. The molecule has 2 nitrogen and oxygen atoms in total. The quantitative estimate of drug-likeness (QED) is 0.670. The number of hydrogen-bond acceptors (Lipinski definition) is 2. The maximum Gasteiger partial charge on any atom is 0.0406 e. The number of nitrogens with one attached hydrogen (secondary N) is 2. The van der Waals surface area contributed by atoms with E-state index in [-0.39, 0.29) is 0 Å². The van der Waals surface area contributed by atoms with Crippen molar-refractivity contribution in [3.8, 4) is 0 Å². The first-order chi connectivity index (χ1) is 8.11. The fraction of sp³-hybridized carbons (Fsp3) is 0.429. The average Bonchev–Trinajstić information content (AvgIpc) is 2.29. The van der Waals surface area contributed by atoms with Gasteiger partial charge in [0, 0.05) is 29.3 Å². The summed E-state index contributed by atoms with van der Waals surface area (Å²) in [6.45, 7) is 2.12. The molecule has 0 saturated carbocycles. The van der Waals surface area contributed by atoms with E-state index in [2.05, 4.69) is 6.92 Å². The second-order valence-electron chi connectivity index (χ2n) is 4.29. The van der Waals surface area contributed by atoms with Crippen molar-refractivity contribution in [3.05, 3.63) is 34.9 Å². The molecule has 0 fully saturated rings. The molecular weight excluding hydrogens is 232 g/mol. The van der Waals surface area contributed by atoms with Gasteiger partial charge in [-0.2, -0.15) is 0 Å². The lowest BCUT2D eigenvalue weighted by molar-refractivity contribution is 0.827. The monoisotopic (exact) mass is 250 g/mol. The van der Waals surface area contributed by atoms with Crippen molar-refractivity contribution in [3.63, 3.8) is 0 Å². The van der Waals surface area contributed by atoms with Gasteiger partial charge in [-0.05, 0) is 30.5 Å². The zero-order valence-corrected chi connectivity index (χ0v) is 11.0. The van der Waals surface area contributed by atoms with Crippen LogP contribution in [0.4, 0.5) is 0 Å². The maximum absolute atomic E-state index is 7.87. The molecule has 0 saturated heterocycles. The smallest absolute Gasteiger partial charge is 0.0406 e. The van der Waals surface area contributed by atoms with E-state index < -0.39 is 0 Å². The number of hydrogen-bond donors (Lipinski definition) is 2. The molecule has 3 heteroatoms. The average molecular weight is 251 g/mol. The van der Waals surface area contributed by atoms with Crippen molar-refractivity contribution in [1.82, 2.24) is 0 Å². The number of unbranched alkanes of at least 4 members (excludes halogenated alkanes) is 1. The van der Waals surface area contributed by atoms with Crippen molar-refractivity contribution < 1.29 is 0 Å². The minimum Gasteiger partial charge on any atom is -0.309 e. The highest BCUT2D eigenvalue weighted by molar-refractivity contribution is 6.30. The van der Waals surface area contributed by atoms with E-state index >= 15 is 0 Å². The van der Waals surface area contributed by atoms with Crippen molar-refractivity contribution in [2.75, 3.05) is 0 Å². The van der Waals surface area contributed by atoms with Gasteiger partial charge in [0.2, 0.25) is 0 Å².